The van der Waals surface area contributed by atoms with Gasteiger partial charge in [0.2, 0.25) is 0 Å². The maximum Gasteiger partial charge on any atom is 0.0952 e. The van der Waals surface area contributed by atoms with Crippen molar-refractivity contribution in [3.05, 3.63) is 62.6 Å². The summed E-state index contributed by atoms with van der Waals surface area (Å²) in [4.78, 5) is 4.73. The third-order valence-corrected chi connectivity index (χ3v) is 5.22. The Balaban J connectivity index is 1.79. The Morgan fingerprint density at radius 1 is 1.19 bits per heavy atom. The van der Waals surface area contributed by atoms with Crippen molar-refractivity contribution in [3.8, 4) is 11.3 Å². The number of nitrogens with one attached hydrogen (secondary N) is 1. The molecule has 3 nitrogen and oxygen atoms in total. The number of nitrogens with zero attached hydrogens (tertiary/aromatic N) is 1. The van der Waals surface area contributed by atoms with E-state index in [0.717, 1.165) is 22.7 Å². The quantitative estimate of drug-likeness (QED) is 0.554. The fourth-order valence-electron chi connectivity index (χ4n) is 2.31. The summed E-state index contributed by atoms with van der Waals surface area (Å²) in [5.74, 6) is 5.73. The number of aromatic nitrogens is 1. The largest absolute Gasteiger partial charge is 0.271 e. The maximum atomic E-state index is 5.73. The molecule has 0 radical (unpaired) electrons. The van der Waals surface area contributed by atoms with Crippen LogP contribution in [0, 0.1) is 6.92 Å². The molecule has 0 aliphatic carbocycles. The van der Waals surface area contributed by atoms with Gasteiger partial charge in [0.25, 0.3) is 0 Å². The van der Waals surface area contributed by atoms with E-state index in [0.29, 0.717) is 0 Å². The Labute approximate surface area is 132 Å². The summed E-state index contributed by atoms with van der Waals surface area (Å²) >= 11 is 3.40. The van der Waals surface area contributed by atoms with Crippen molar-refractivity contribution < 1.29 is 0 Å². The average Bonchev–Trinajstić information content (AvgIpc) is 3.15. The molecule has 1 atom stereocenters. The van der Waals surface area contributed by atoms with E-state index in [4.69, 9.17) is 10.8 Å². The van der Waals surface area contributed by atoms with E-state index in [9.17, 15) is 0 Å². The first-order chi connectivity index (χ1) is 10.3. The van der Waals surface area contributed by atoms with Crippen LogP contribution in [0.5, 0.6) is 0 Å². The number of hydrogen-bond acceptors (Lipinski definition) is 5. The minimum atomic E-state index is 0.117. The SMILES string of the molecule is Cc1cscc1C(Cc1nc(-c2ccccc2)cs1)NN. The summed E-state index contributed by atoms with van der Waals surface area (Å²) in [6.07, 6.45) is 0.811. The Kier molecular flexibility index (Phi) is 4.45. The molecule has 1 aromatic carbocycles. The third-order valence-electron chi connectivity index (χ3n) is 3.47. The van der Waals surface area contributed by atoms with Crippen molar-refractivity contribution in [2.45, 2.75) is 19.4 Å². The zero-order valence-corrected chi connectivity index (χ0v) is 13.4. The number of rotatable bonds is 5. The van der Waals surface area contributed by atoms with Gasteiger partial charge in [-0.3, -0.25) is 11.3 Å². The van der Waals surface area contributed by atoms with E-state index in [1.165, 1.54) is 11.1 Å². The molecule has 108 valence electrons. The van der Waals surface area contributed by atoms with Crippen LogP contribution in [0.4, 0.5) is 0 Å². The second-order valence-corrected chi connectivity index (χ2v) is 6.61. The van der Waals surface area contributed by atoms with E-state index in [2.05, 4.69) is 40.6 Å². The van der Waals surface area contributed by atoms with E-state index in [1.807, 2.05) is 18.2 Å². The average molecular weight is 315 g/mol. The first-order valence-electron chi connectivity index (χ1n) is 6.76. The van der Waals surface area contributed by atoms with Gasteiger partial charge < -0.3 is 0 Å². The van der Waals surface area contributed by atoms with Crippen molar-refractivity contribution in [1.82, 2.24) is 10.4 Å². The summed E-state index contributed by atoms with van der Waals surface area (Å²) < 4.78 is 0. The topological polar surface area (TPSA) is 50.9 Å². The molecule has 0 saturated heterocycles. The predicted octanol–water partition coefficient (Wildman–Crippen LogP) is 3.93. The molecule has 0 saturated carbocycles. The lowest BCUT2D eigenvalue weighted by molar-refractivity contribution is 0.550. The fourth-order valence-corrected chi connectivity index (χ4v) is 4.06. The molecule has 0 spiro atoms. The van der Waals surface area contributed by atoms with Crippen LogP contribution in [0.3, 0.4) is 0 Å². The normalized spacial score (nSPS) is 12.5. The smallest absolute Gasteiger partial charge is 0.0952 e. The Bertz CT molecular complexity index is 703. The molecule has 5 heteroatoms. The van der Waals surface area contributed by atoms with Gasteiger partial charge in [-0.05, 0) is 28.8 Å². The molecule has 0 amide bonds. The van der Waals surface area contributed by atoms with Crippen molar-refractivity contribution in [3.63, 3.8) is 0 Å². The van der Waals surface area contributed by atoms with Crippen molar-refractivity contribution in [1.29, 1.82) is 0 Å². The number of aryl methyl sites for hydroxylation is 1. The number of hydrazine groups is 1. The minimum Gasteiger partial charge on any atom is -0.271 e. The van der Waals surface area contributed by atoms with Gasteiger partial charge in [-0.2, -0.15) is 11.3 Å². The third kappa shape index (κ3) is 3.22. The minimum absolute atomic E-state index is 0.117. The molecule has 1 unspecified atom stereocenters. The summed E-state index contributed by atoms with van der Waals surface area (Å²) in [6.45, 7) is 2.12. The first-order valence-corrected chi connectivity index (χ1v) is 8.59. The monoisotopic (exact) mass is 315 g/mol. The highest BCUT2D eigenvalue weighted by Gasteiger charge is 2.16. The maximum absolute atomic E-state index is 5.73. The molecule has 0 bridgehead atoms. The second-order valence-electron chi connectivity index (χ2n) is 4.93. The number of thiophene rings is 1. The lowest BCUT2D eigenvalue weighted by Crippen LogP contribution is -2.29. The molecule has 21 heavy (non-hydrogen) atoms. The number of hydrogen-bond donors (Lipinski definition) is 2. The van der Waals surface area contributed by atoms with Crippen LogP contribution in [-0.4, -0.2) is 4.98 Å². The molecule has 0 aliphatic rings. The van der Waals surface area contributed by atoms with Gasteiger partial charge in [0.05, 0.1) is 16.7 Å². The highest BCUT2D eigenvalue weighted by molar-refractivity contribution is 7.10. The van der Waals surface area contributed by atoms with E-state index in [1.54, 1.807) is 22.7 Å². The van der Waals surface area contributed by atoms with Crippen LogP contribution >= 0.6 is 22.7 Å². The molecule has 2 aromatic heterocycles. The van der Waals surface area contributed by atoms with Crippen molar-refractivity contribution in [2.75, 3.05) is 0 Å². The highest BCUT2D eigenvalue weighted by atomic mass is 32.1. The molecule has 0 aliphatic heterocycles. The van der Waals surface area contributed by atoms with Crippen LogP contribution in [0.2, 0.25) is 0 Å². The van der Waals surface area contributed by atoms with Crippen LogP contribution in [0.25, 0.3) is 11.3 Å². The van der Waals surface area contributed by atoms with Gasteiger partial charge in [0.15, 0.2) is 0 Å². The van der Waals surface area contributed by atoms with Crippen LogP contribution < -0.4 is 11.3 Å². The standard InChI is InChI=1S/C16H17N3S2/c1-11-8-20-9-13(11)14(19-17)7-16-18-15(10-21-16)12-5-3-2-4-6-12/h2-6,8-10,14,19H,7,17H2,1H3. The van der Waals surface area contributed by atoms with Crippen molar-refractivity contribution in [2.24, 2.45) is 5.84 Å². The first kappa shape index (κ1) is 14.4. The Morgan fingerprint density at radius 2 is 2.00 bits per heavy atom. The van der Waals surface area contributed by atoms with Gasteiger partial charge in [0.1, 0.15) is 0 Å². The Hall–Kier alpha value is -1.53. The molecule has 3 N–H and O–H groups in total. The molecule has 3 rings (SSSR count). The second kappa shape index (κ2) is 6.49. The molecule has 2 heterocycles. The van der Waals surface area contributed by atoms with E-state index in [-0.39, 0.29) is 6.04 Å². The van der Waals surface area contributed by atoms with Crippen LogP contribution in [0.1, 0.15) is 22.2 Å². The van der Waals surface area contributed by atoms with Crippen LogP contribution in [0.15, 0.2) is 46.5 Å². The Morgan fingerprint density at radius 3 is 2.67 bits per heavy atom. The molecular weight excluding hydrogens is 298 g/mol. The fraction of sp³-hybridized carbons (Fsp3) is 0.188. The van der Waals surface area contributed by atoms with Gasteiger partial charge in [-0.25, -0.2) is 4.98 Å². The summed E-state index contributed by atoms with van der Waals surface area (Å²) in [5, 5.41) is 7.52. The zero-order valence-electron chi connectivity index (χ0n) is 11.7. The predicted molar refractivity (Wildman–Crippen MR) is 90.4 cm³/mol. The number of benzene rings is 1. The van der Waals surface area contributed by atoms with Gasteiger partial charge in [0, 0.05) is 17.4 Å². The molecule has 0 fully saturated rings. The summed E-state index contributed by atoms with van der Waals surface area (Å²) in [6, 6.07) is 10.4. The lowest BCUT2D eigenvalue weighted by Gasteiger charge is -2.14. The molecular formula is C16H17N3S2. The highest BCUT2D eigenvalue weighted by Crippen LogP contribution is 2.27. The van der Waals surface area contributed by atoms with Crippen LogP contribution in [-0.2, 0) is 6.42 Å². The lowest BCUT2D eigenvalue weighted by atomic mass is 10.0. The van der Waals surface area contributed by atoms with E-state index >= 15 is 0 Å². The zero-order chi connectivity index (χ0) is 14.7. The summed E-state index contributed by atoms with van der Waals surface area (Å²) in [7, 11) is 0. The van der Waals surface area contributed by atoms with Crippen molar-refractivity contribution >= 4 is 22.7 Å². The van der Waals surface area contributed by atoms with E-state index < -0.39 is 0 Å². The van der Waals surface area contributed by atoms with Gasteiger partial charge in [-0.1, -0.05) is 30.3 Å². The summed E-state index contributed by atoms with van der Waals surface area (Å²) in [5.41, 5.74) is 7.65. The molecule has 3 aromatic rings. The van der Waals surface area contributed by atoms with Gasteiger partial charge >= 0.3 is 0 Å². The number of thiazole rings is 1. The van der Waals surface area contributed by atoms with Gasteiger partial charge in [-0.15, -0.1) is 11.3 Å². The number of nitrogens with two attached hydrogens (primary N) is 1.